The number of methoxy groups -OCH3 is 2. The van der Waals surface area contributed by atoms with Crippen LogP contribution in [0.15, 0.2) is 70.2 Å². The maximum absolute atomic E-state index is 12.2. The van der Waals surface area contributed by atoms with E-state index in [1.807, 2.05) is 24.3 Å². The number of phenols is 1. The maximum atomic E-state index is 12.2. The summed E-state index contributed by atoms with van der Waals surface area (Å²) < 4.78 is 17.3. The molecule has 2 N–H and O–H groups in total. The number of carbonyl (C=O) groups excluding carboxylic acids is 1. The van der Waals surface area contributed by atoms with Gasteiger partial charge >= 0.3 is 0 Å². The molecule has 0 aromatic heterocycles. The first-order valence-corrected chi connectivity index (χ1v) is 10.0. The highest BCUT2D eigenvalue weighted by atomic mass is 79.9. The third-order valence-corrected chi connectivity index (χ3v) is 4.85. The molecule has 0 aliphatic heterocycles. The Hall–Kier alpha value is -3.52. The van der Waals surface area contributed by atoms with E-state index in [1.165, 1.54) is 25.5 Å². The Kier molecular flexibility index (Phi) is 7.50. The first kappa shape index (κ1) is 22.2. The number of aromatic hydroxyl groups is 1. The number of hydrazone groups is 1. The fourth-order valence-corrected chi connectivity index (χ4v) is 2.95. The number of phenolic OH excluding ortho intramolecular Hbond substituents is 1. The number of hydrogen-bond donors (Lipinski definition) is 2. The average molecular weight is 485 g/mol. The fraction of sp³-hybridized carbons (Fsp3) is 0.130. The number of halogens is 1. The second-order valence-corrected chi connectivity index (χ2v) is 7.32. The van der Waals surface area contributed by atoms with Crippen LogP contribution in [0, 0.1) is 0 Å². The van der Waals surface area contributed by atoms with Gasteiger partial charge in [0.05, 0.1) is 26.0 Å². The lowest BCUT2D eigenvalue weighted by molar-refractivity contribution is 0.0952. The van der Waals surface area contributed by atoms with Crippen LogP contribution >= 0.6 is 15.9 Å². The minimum atomic E-state index is -0.544. The number of benzene rings is 3. The molecule has 0 fully saturated rings. The number of rotatable bonds is 8. The zero-order valence-electron chi connectivity index (χ0n) is 17.0. The average Bonchev–Trinajstić information content (AvgIpc) is 2.78. The van der Waals surface area contributed by atoms with Crippen LogP contribution < -0.4 is 19.6 Å². The molecule has 0 radical (unpaired) electrons. The zero-order valence-corrected chi connectivity index (χ0v) is 18.5. The van der Waals surface area contributed by atoms with Crippen LogP contribution in [0.2, 0.25) is 0 Å². The number of amides is 1. The number of carbonyl (C=O) groups is 1. The maximum Gasteiger partial charge on any atom is 0.275 e. The largest absolute Gasteiger partial charge is 0.507 e. The van der Waals surface area contributed by atoms with Crippen molar-refractivity contribution in [2.24, 2.45) is 5.10 Å². The Morgan fingerprint density at radius 1 is 1.03 bits per heavy atom. The normalized spacial score (nSPS) is 10.7. The van der Waals surface area contributed by atoms with Gasteiger partial charge in [-0.15, -0.1) is 0 Å². The monoisotopic (exact) mass is 484 g/mol. The van der Waals surface area contributed by atoms with Crippen LogP contribution in [-0.4, -0.2) is 31.4 Å². The van der Waals surface area contributed by atoms with Crippen molar-refractivity contribution in [1.29, 1.82) is 0 Å². The number of nitrogens with one attached hydrogen (secondary N) is 1. The molecule has 0 heterocycles. The summed E-state index contributed by atoms with van der Waals surface area (Å²) in [7, 11) is 3.03. The molecule has 8 heteroatoms. The Labute approximate surface area is 188 Å². The molecule has 0 saturated heterocycles. The lowest BCUT2D eigenvalue weighted by atomic mass is 10.2. The van der Waals surface area contributed by atoms with Crippen molar-refractivity contribution in [3.63, 3.8) is 0 Å². The van der Waals surface area contributed by atoms with E-state index >= 15 is 0 Å². The third kappa shape index (κ3) is 5.99. The molecular formula is C23H21BrN2O5. The second kappa shape index (κ2) is 10.5. The molecule has 7 nitrogen and oxygen atoms in total. The summed E-state index contributed by atoms with van der Waals surface area (Å²) in [6, 6.07) is 17.6. The van der Waals surface area contributed by atoms with E-state index in [-0.39, 0.29) is 11.3 Å². The molecule has 1 amide bonds. The Morgan fingerprint density at radius 2 is 1.81 bits per heavy atom. The molecule has 0 spiro atoms. The van der Waals surface area contributed by atoms with Gasteiger partial charge in [-0.25, -0.2) is 5.43 Å². The summed E-state index contributed by atoms with van der Waals surface area (Å²) in [4.78, 5) is 12.2. The summed E-state index contributed by atoms with van der Waals surface area (Å²) in [6.45, 7) is 0.401. The molecule has 0 saturated carbocycles. The lowest BCUT2D eigenvalue weighted by Gasteiger charge is -2.11. The minimum Gasteiger partial charge on any atom is -0.507 e. The highest BCUT2D eigenvalue weighted by Crippen LogP contribution is 2.28. The summed E-state index contributed by atoms with van der Waals surface area (Å²) >= 11 is 3.41. The Morgan fingerprint density at radius 3 is 2.48 bits per heavy atom. The summed E-state index contributed by atoms with van der Waals surface area (Å²) in [6.07, 6.45) is 1.47. The van der Waals surface area contributed by atoms with E-state index in [0.29, 0.717) is 29.4 Å². The van der Waals surface area contributed by atoms with Crippen molar-refractivity contribution < 1.29 is 24.1 Å². The first-order chi connectivity index (χ1) is 15.0. The molecule has 31 heavy (non-hydrogen) atoms. The summed E-state index contributed by atoms with van der Waals surface area (Å²) in [5, 5.41) is 13.9. The molecule has 160 valence electrons. The number of hydrogen-bond acceptors (Lipinski definition) is 6. The van der Waals surface area contributed by atoms with Crippen LogP contribution in [0.3, 0.4) is 0 Å². The van der Waals surface area contributed by atoms with Crippen molar-refractivity contribution in [3.8, 4) is 23.0 Å². The lowest BCUT2D eigenvalue weighted by Crippen LogP contribution is -2.17. The molecule has 3 aromatic carbocycles. The molecular weight excluding hydrogens is 464 g/mol. The summed E-state index contributed by atoms with van der Waals surface area (Å²) in [5.74, 6) is 0.848. The number of ether oxygens (including phenoxy) is 3. The molecule has 0 bridgehead atoms. The predicted molar refractivity (Wildman–Crippen MR) is 121 cm³/mol. The van der Waals surface area contributed by atoms with Gasteiger partial charge in [-0.05, 0) is 53.6 Å². The molecule has 0 aliphatic carbocycles. The van der Waals surface area contributed by atoms with Crippen molar-refractivity contribution in [2.75, 3.05) is 14.2 Å². The minimum absolute atomic E-state index is 0.0900. The molecule has 0 atom stereocenters. The van der Waals surface area contributed by atoms with Gasteiger partial charge in [0.2, 0.25) is 0 Å². The van der Waals surface area contributed by atoms with E-state index in [9.17, 15) is 9.90 Å². The smallest absolute Gasteiger partial charge is 0.275 e. The zero-order chi connectivity index (χ0) is 22.2. The van der Waals surface area contributed by atoms with E-state index in [4.69, 9.17) is 14.2 Å². The first-order valence-electron chi connectivity index (χ1n) is 9.26. The highest BCUT2D eigenvalue weighted by Gasteiger charge is 2.11. The molecule has 3 rings (SSSR count). The Bertz CT molecular complexity index is 1080. The van der Waals surface area contributed by atoms with Gasteiger partial charge in [-0.3, -0.25) is 4.79 Å². The Balaban J connectivity index is 1.63. The van der Waals surface area contributed by atoms with Crippen LogP contribution in [0.1, 0.15) is 21.5 Å². The van der Waals surface area contributed by atoms with Crippen LogP contribution in [0.5, 0.6) is 23.0 Å². The topological polar surface area (TPSA) is 89.4 Å². The van der Waals surface area contributed by atoms with Gasteiger partial charge in [-0.2, -0.15) is 5.10 Å². The van der Waals surface area contributed by atoms with Crippen LogP contribution in [0.25, 0.3) is 0 Å². The van der Waals surface area contributed by atoms with Crippen LogP contribution in [-0.2, 0) is 6.61 Å². The van der Waals surface area contributed by atoms with Gasteiger partial charge in [0, 0.05) is 10.5 Å². The van der Waals surface area contributed by atoms with Crippen molar-refractivity contribution >= 4 is 28.1 Å². The number of nitrogens with zero attached hydrogens (tertiary/aromatic N) is 1. The van der Waals surface area contributed by atoms with E-state index in [2.05, 4.69) is 26.5 Å². The van der Waals surface area contributed by atoms with Crippen LogP contribution in [0.4, 0.5) is 0 Å². The molecule has 3 aromatic rings. The van der Waals surface area contributed by atoms with Crippen molar-refractivity contribution in [2.45, 2.75) is 6.61 Å². The van der Waals surface area contributed by atoms with E-state index in [1.54, 1.807) is 31.4 Å². The highest BCUT2D eigenvalue weighted by molar-refractivity contribution is 9.10. The third-order valence-electron chi connectivity index (χ3n) is 4.32. The quantitative estimate of drug-likeness (QED) is 0.362. The van der Waals surface area contributed by atoms with Gasteiger partial charge in [0.1, 0.15) is 18.1 Å². The van der Waals surface area contributed by atoms with Gasteiger partial charge in [0.25, 0.3) is 5.91 Å². The van der Waals surface area contributed by atoms with E-state index < -0.39 is 5.91 Å². The van der Waals surface area contributed by atoms with Gasteiger partial charge in [-0.1, -0.05) is 28.1 Å². The summed E-state index contributed by atoms with van der Waals surface area (Å²) in [5.41, 5.74) is 4.20. The second-order valence-electron chi connectivity index (χ2n) is 6.41. The predicted octanol–water partition coefficient (Wildman–Crippen LogP) is 4.51. The van der Waals surface area contributed by atoms with Crippen molar-refractivity contribution in [3.05, 3.63) is 81.8 Å². The SMILES string of the molecule is COc1ccc(C(=O)N/N=C\c2ccc(OCc3ccc(Br)cc3)c(OC)c2)c(O)c1. The fourth-order valence-electron chi connectivity index (χ4n) is 2.68. The molecule has 0 aliphatic rings. The van der Waals surface area contributed by atoms with Gasteiger partial charge < -0.3 is 19.3 Å². The van der Waals surface area contributed by atoms with E-state index in [0.717, 1.165) is 10.0 Å². The van der Waals surface area contributed by atoms with Crippen molar-refractivity contribution in [1.82, 2.24) is 5.43 Å². The standard InChI is InChI=1S/C23H21BrN2O5/c1-29-18-8-9-19(20(27)12-18)23(28)26-25-13-16-5-10-21(22(11-16)30-2)31-14-15-3-6-17(24)7-4-15/h3-13,27H,14H2,1-2H3,(H,26,28)/b25-13-. The van der Waals surface area contributed by atoms with Gasteiger partial charge in [0.15, 0.2) is 11.5 Å². The molecule has 0 unspecified atom stereocenters.